The second-order valence-electron chi connectivity index (χ2n) is 8.85. The molecule has 0 spiro atoms. The molecule has 1 aliphatic carbocycles. The maximum Gasteiger partial charge on any atom is 0.238 e. The Bertz CT molecular complexity index is 1150. The van der Waals surface area contributed by atoms with Crippen molar-refractivity contribution in [3.8, 4) is 11.1 Å². The van der Waals surface area contributed by atoms with E-state index in [2.05, 4.69) is 15.5 Å². The second kappa shape index (κ2) is 9.35. The second-order valence-corrected chi connectivity index (χ2v) is 8.85. The summed E-state index contributed by atoms with van der Waals surface area (Å²) in [6, 6.07) is 21.7. The number of rotatable bonds is 6. The minimum absolute atomic E-state index is 0.0232. The smallest absolute Gasteiger partial charge is 0.238 e. The molecule has 1 aliphatic heterocycles. The lowest BCUT2D eigenvalue weighted by atomic mass is 10.0. The first-order valence-corrected chi connectivity index (χ1v) is 11.5. The Morgan fingerprint density at radius 2 is 1.67 bits per heavy atom. The van der Waals surface area contributed by atoms with Crippen molar-refractivity contribution in [2.45, 2.75) is 31.6 Å². The van der Waals surface area contributed by atoms with E-state index in [0.29, 0.717) is 12.6 Å². The third-order valence-corrected chi connectivity index (χ3v) is 6.68. The molecule has 1 amide bonds. The maximum atomic E-state index is 12.7. The van der Waals surface area contributed by atoms with Crippen LogP contribution in [0, 0.1) is 0 Å². The number of amides is 1. The third kappa shape index (κ3) is 4.50. The molecule has 1 fully saturated rings. The summed E-state index contributed by atoms with van der Waals surface area (Å²) in [5.74, 6) is -0.0289. The van der Waals surface area contributed by atoms with Gasteiger partial charge in [-0.1, -0.05) is 48.5 Å². The number of fused-ring (bicyclic) bond motifs is 3. The predicted octanol–water partition coefficient (Wildman–Crippen LogP) is 3.76. The molecule has 2 aliphatic rings. The molecule has 0 radical (unpaired) electrons. The normalized spacial score (nSPS) is 17.9. The zero-order chi connectivity index (χ0) is 22.8. The molecule has 170 valence electrons. The van der Waals surface area contributed by atoms with Gasteiger partial charge in [0, 0.05) is 36.1 Å². The van der Waals surface area contributed by atoms with Crippen LogP contribution in [0.3, 0.4) is 0 Å². The largest absolute Gasteiger partial charge is 0.392 e. The summed E-state index contributed by atoms with van der Waals surface area (Å²) in [7, 11) is 0. The number of carbonyl (C=O) groups is 1. The molecule has 4 N–H and O–H groups in total. The third-order valence-electron chi connectivity index (χ3n) is 6.68. The van der Waals surface area contributed by atoms with Gasteiger partial charge in [0.25, 0.3) is 0 Å². The highest BCUT2D eigenvalue weighted by Crippen LogP contribution is 2.44. The average Bonchev–Trinajstić information content (AvgIpc) is 3.12. The number of para-hydroxylation sites is 1. The zero-order valence-corrected chi connectivity index (χ0v) is 18.5. The number of likely N-dealkylation sites (tertiary alicyclic amines) is 1. The average molecular weight is 444 g/mol. The van der Waals surface area contributed by atoms with Crippen LogP contribution in [0.15, 0.2) is 66.7 Å². The molecule has 33 heavy (non-hydrogen) atoms. The Morgan fingerprint density at radius 3 is 2.48 bits per heavy atom. The van der Waals surface area contributed by atoms with Gasteiger partial charge in [-0.05, 0) is 53.3 Å². The number of aliphatic hydroxyl groups is 2. The van der Waals surface area contributed by atoms with Crippen LogP contribution in [-0.4, -0.2) is 46.7 Å². The van der Waals surface area contributed by atoms with Crippen LogP contribution < -0.4 is 10.6 Å². The fourth-order valence-corrected chi connectivity index (χ4v) is 4.91. The first-order valence-electron chi connectivity index (χ1n) is 11.5. The molecule has 0 saturated carbocycles. The first-order chi connectivity index (χ1) is 16.1. The van der Waals surface area contributed by atoms with Gasteiger partial charge in [0.05, 0.1) is 13.2 Å². The summed E-state index contributed by atoms with van der Waals surface area (Å²) in [6.07, 6.45) is 1.28. The van der Waals surface area contributed by atoms with Gasteiger partial charge in [-0.2, -0.15) is 0 Å². The molecule has 5 rings (SSSR count). The van der Waals surface area contributed by atoms with Gasteiger partial charge in [0.1, 0.15) is 6.10 Å². The van der Waals surface area contributed by atoms with Gasteiger partial charge < -0.3 is 20.8 Å². The standard InChI is InChI=1S/C27H29N3O3/c31-17-18-5-1-4-8-25(18)28-19-11-13-30(14-12-19)16-26(32)29-20-9-10-23-24(15-20)21-6-2-3-7-22(21)27(23)33/h1-10,15,19,27-28,31,33H,11-14,16-17H2,(H,29,32). The number of hydrogen-bond acceptors (Lipinski definition) is 5. The van der Waals surface area contributed by atoms with Crippen molar-refractivity contribution in [3.63, 3.8) is 0 Å². The van der Waals surface area contributed by atoms with Crippen LogP contribution in [-0.2, 0) is 11.4 Å². The highest BCUT2D eigenvalue weighted by atomic mass is 16.3. The fraction of sp³-hybridized carbons (Fsp3) is 0.296. The van der Waals surface area contributed by atoms with Crippen LogP contribution in [0.4, 0.5) is 11.4 Å². The van der Waals surface area contributed by atoms with E-state index in [1.807, 2.05) is 66.7 Å². The number of hydrogen-bond donors (Lipinski definition) is 4. The number of aliphatic hydroxyl groups excluding tert-OH is 2. The highest BCUT2D eigenvalue weighted by Gasteiger charge is 2.27. The van der Waals surface area contributed by atoms with Crippen molar-refractivity contribution in [3.05, 3.63) is 83.4 Å². The minimum Gasteiger partial charge on any atom is -0.392 e. The molecule has 0 aromatic heterocycles. The van der Waals surface area contributed by atoms with Crippen LogP contribution in [0.2, 0.25) is 0 Å². The Balaban J connectivity index is 1.16. The highest BCUT2D eigenvalue weighted by molar-refractivity contribution is 5.93. The summed E-state index contributed by atoms with van der Waals surface area (Å²) < 4.78 is 0. The molecular formula is C27H29N3O3. The molecule has 3 aromatic carbocycles. The molecule has 6 nitrogen and oxygen atoms in total. The first kappa shape index (κ1) is 21.6. The molecule has 1 saturated heterocycles. The summed E-state index contributed by atoms with van der Waals surface area (Å²) in [6.45, 7) is 2.07. The van der Waals surface area contributed by atoms with Crippen molar-refractivity contribution in [2.24, 2.45) is 0 Å². The van der Waals surface area contributed by atoms with E-state index in [1.165, 1.54) is 0 Å². The molecule has 1 unspecified atom stereocenters. The lowest BCUT2D eigenvalue weighted by molar-refractivity contribution is -0.117. The fourth-order valence-electron chi connectivity index (χ4n) is 4.91. The van der Waals surface area contributed by atoms with Crippen LogP contribution >= 0.6 is 0 Å². The summed E-state index contributed by atoms with van der Waals surface area (Å²) in [5, 5.41) is 26.6. The van der Waals surface area contributed by atoms with E-state index in [-0.39, 0.29) is 12.5 Å². The summed E-state index contributed by atoms with van der Waals surface area (Å²) >= 11 is 0. The maximum absolute atomic E-state index is 12.7. The van der Waals surface area contributed by atoms with E-state index in [0.717, 1.165) is 65.1 Å². The van der Waals surface area contributed by atoms with Gasteiger partial charge in [0.15, 0.2) is 0 Å². The topological polar surface area (TPSA) is 84.8 Å². The Labute approximate surface area is 193 Å². The lowest BCUT2D eigenvalue weighted by Crippen LogP contribution is -2.42. The molecule has 3 aromatic rings. The molecule has 1 atom stereocenters. The number of piperidine rings is 1. The van der Waals surface area contributed by atoms with E-state index < -0.39 is 6.10 Å². The minimum atomic E-state index is -0.611. The number of benzene rings is 3. The van der Waals surface area contributed by atoms with Crippen molar-refractivity contribution in [1.29, 1.82) is 0 Å². The van der Waals surface area contributed by atoms with Crippen LogP contribution in [0.5, 0.6) is 0 Å². The molecule has 6 heteroatoms. The van der Waals surface area contributed by atoms with Crippen LogP contribution in [0.25, 0.3) is 11.1 Å². The molecule has 0 bridgehead atoms. The molecular weight excluding hydrogens is 414 g/mol. The SMILES string of the molecule is O=C(CN1CCC(Nc2ccccc2CO)CC1)Nc1ccc2c(c1)-c1ccccc1C2O. The van der Waals surface area contributed by atoms with Gasteiger partial charge >= 0.3 is 0 Å². The van der Waals surface area contributed by atoms with Crippen molar-refractivity contribution in [2.75, 3.05) is 30.3 Å². The van der Waals surface area contributed by atoms with Gasteiger partial charge in [-0.3, -0.25) is 9.69 Å². The number of nitrogens with zero attached hydrogens (tertiary/aromatic N) is 1. The summed E-state index contributed by atoms with van der Waals surface area (Å²) in [4.78, 5) is 14.9. The van der Waals surface area contributed by atoms with Gasteiger partial charge in [-0.15, -0.1) is 0 Å². The number of anilines is 2. The van der Waals surface area contributed by atoms with Crippen molar-refractivity contribution in [1.82, 2.24) is 4.90 Å². The summed E-state index contributed by atoms with van der Waals surface area (Å²) in [5.41, 5.74) is 6.43. The number of carbonyl (C=O) groups excluding carboxylic acids is 1. The Hall–Kier alpha value is -3.19. The van der Waals surface area contributed by atoms with Gasteiger partial charge in [-0.25, -0.2) is 0 Å². The monoisotopic (exact) mass is 443 g/mol. The predicted molar refractivity (Wildman–Crippen MR) is 130 cm³/mol. The Kier molecular flexibility index (Phi) is 6.13. The quantitative estimate of drug-likeness (QED) is 0.466. The molecule has 1 heterocycles. The van der Waals surface area contributed by atoms with E-state index >= 15 is 0 Å². The van der Waals surface area contributed by atoms with Gasteiger partial charge in [0.2, 0.25) is 5.91 Å². The van der Waals surface area contributed by atoms with E-state index in [4.69, 9.17) is 0 Å². The zero-order valence-electron chi connectivity index (χ0n) is 18.5. The number of nitrogens with one attached hydrogen (secondary N) is 2. The van der Waals surface area contributed by atoms with Crippen molar-refractivity contribution >= 4 is 17.3 Å². The Morgan fingerprint density at radius 1 is 0.939 bits per heavy atom. The van der Waals surface area contributed by atoms with E-state index in [9.17, 15) is 15.0 Å². The van der Waals surface area contributed by atoms with E-state index in [1.54, 1.807) is 0 Å². The van der Waals surface area contributed by atoms with Crippen molar-refractivity contribution < 1.29 is 15.0 Å². The van der Waals surface area contributed by atoms with Crippen LogP contribution in [0.1, 0.15) is 35.6 Å². The lowest BCUT2D eigenvalue weighted by Gasteiger charge is -2.32.